The van der Waals surface area contributed by atoms with Crippen LogP contribution in [0.4, 0.5) is 20.5 Å². The van der Waals surface area contributed by atoms with Crippen LogP contribution in [0.5, 0.6) is 0 Å². The Morgan fingerprint density at radius 3 is 0.886 bits per heavy atom. The van der Waals surface area contributed by atoms with Gasteiger partial charge in [-0.15, -0.1) is 45.3 Å². The summed E-state index contributed by atoms with van der Waals surface area (Å²) in [6, 6.07) is 0. The highest BCUT2D eigenvalue weighted by Crippen LogP contribution is 2.24. The van der Waals surface area contributed by atoms with Gasteiger partial charge in [0.25, 0.3) is 0 Å². The highest BCUT2D eigenvalue weighted by atomic mass is 32.1. The first-order valence-electron chi connectivity index (χ1n) is 11.9. The molecule has 0 radical (unpaired) electrons. The lowest BCUT2D eigenvalue weighted by Gasteiger charge is -2.28. The van der Waals surface area contributed by atoms with Crippen LogP contribution < -0.4 is 19.6 Å². The molecule has 0 atom stereocenters. The lowest BCUT2D eigenvalue weighted by atomic mass is 10.3. The molecule has 0 aliphatic carbocycles. The summed E-state index contributed by atoms with van der Waals surface area (Å²) in [5.74, 6) is 0. The van der Waals surface area contributed by atoms with Crippen LogP contribution in [0.2, 0.25) is 0 Å². The van der Waals surface area contributed by atoms with Crippen molar-refractivity contribution in [1.29, 1.82) is 0 Å². The Hall–Kier alpha value is -2.28. The molecule has 0 saturated carbocycles. The zero-order chi connectivity index (χ0) is 23.7. The largest absolute Gasteiger partial charge is 0.348 e. The summed E-state index contributed by atoms with van der Waals surface area (Å²) in [5, 5.41) is 12.7. The van der Waals surface area contributed by atoms with E-state index in [0.717, 1.165) is 92.1 Å². The maximum atomic E-state index is 4.63. The number of aromatic nitrogens is 4. The van der Waals surface area contributed by atoms with Gasteiger partial charge in [0.15, 0.2) is 20.5 Å². The second kappa shape index (κ2) is 12.6. The third kappa shape index (κ3) is 6.69. The fraction of sp³-hybridized carbons (Fsp3) is 0.478. The van der Waals surface area contributed by atoms with Gasteiger partial charge in [0.05, 0.1) is 0 Å². The van der Waals surface area contributed by atoms with Crippen LogP contribution in [0.25, 0.3) is 0 Å². The molecule has 0 spiro atoms. The fourth-order valence-corrected chi connectivity index (χ4v) is 7.09. The molecule has 35 heavy (non-hydrogen) atoms. The molecule has 1 aliphatic heterocycles. The first-order chi connectivity index (χ1) is 17.4. The number of hydrogen-bond donors (Lipinski definition) is 0. The monoisotopic (exact) mass is 546 g/mol. The molecule has 186 valence electrons. The Morgan fingerprint density at radius 1 is 0.400 bits per heavy atom. The number of nitrogens with zero attached hydrogens (tertiary/aromatic N) is 8. The smallest absolute Gasteiger partial charge is 0.185 e. The molecule has 12 heteroatoms. The van der Waals surface area contributed by atoms with Crippen molar-refractivity contribution in [3.05, 3.63) is 46.3 Å². The molecular weight excluding hydrogens is 517 g/mol. The molecule has 1 fully saturated rings. The van der Waals surface area contributed by atoms with Gasteiger partial charge in [-0.25, -0.2) is 19.9 Å². The Bertz CT molecular complexity index is 983. The molecule has 0 aromatic carbocycles. The minimum Gasteiger partial charge on any atom is -0.348 e. The number of anilines is 4. The molecular formula is C23H30N8S4. The van der Waals surface area contributed by atoms with E-state index in [1.54, 1.807) is 45.3 Å². The van der Waals surface area contributed by atoms with Gasteiger partial charge < -0.3 is 19.6 Å². The molecule has 4 aromatic rings. The predicted molar refractivity (Wildman–Crippen MR) is 151 cm³/mol. The summed E-state index contributed by atoms with van der Waals surface area (Å²) >= 11 is 6.90. The Balaban J connectivity index is 1.34. The van der Waals surface area contributed by atoms with Crippen molar-refractivity contribution in [3.63, 3.8) is 0 Å². The zero-order valence-corrected chi connectivity index (χ0v) is 22.9. The predicted octanol–water partition coefficient (Wildman–Crippen LogP) is 5.02. The van der Waals surface area contributed by atoms with E-state index in [2.05, 4.69) is 61.1 Å². The SMILES string of the molecule is c1csc(N2CCCN(c3nccs3)CCCN(c3nccs3)CCN(c3nccs3)CCC2)n1. The summed E-state index contributed by atoms with van der Waals surface area (Å²) in [6.45, 7) is 7.79. The average Bonchev–Trinajstić information content (AvgIpc) is 3.70. The van der Waals surface area contributed by atoms with E-state index in [-0.39, 0.29) is 0 Å². The van der Waals surface area contributed by atoms with Gasteiger partial charge in [-0.3, -0.25) is 0 Å². The molecule has 0 N–H and O–H groups in total. The second-order valence-electron chi connectivity index (χ2n) is 8.27. The van der Waals surface area contributed by atoms with Crippen molar-refractivity contribution in [2.24, 2.45) is 0 Å². The fourth-order valence-electron chi connectivity index (χ4n) is 4.30. The molecule has 5 rings (SSSR count). The first kappa shape index (κ1) is 24.4. The number of rotatable bonds is 4. The van der Waals surface area contributed by atoms with Gasteiger partial charge in [-0.05, 0) is 19.3 Å². The van der Waals surface area contributed by atoms with Crippen LogP contribution in [0.3, 0.4) is 0 Å². The first-order valence-corrected chi connectivity index (χ1v) is 15.5. The summed E-state index contributed by atoms with van der Waals surface area (Å²) in [4.78, 5) is 28.3. The second-order valence-corrected chi connectivity index (χ2v) is 11.8. The van der Waals surface area contributed by atoms with Gasteiger partial charge in [0.2, 0.25) is 0 Å². The van der Waals surface area contributed by atoms with Gasteiger partial charge in [0, 0.05) is 98.7 Å². The van der Waals surface area contributed by atoms with Crippen LogP contribution in [0.1, 0.15) is 19.3 Å². The summed E-state index contributed by atoms with van der Waals surface area (Å²) in [7, 11) is 0. The standard InChI is InChI=1S/C23H30N8S4/c1-8-28(20-24-4-16-32-20)10-2-12-30(22-26-6-18-34-22)14-15-31(23-27-7-19-35-23)13-3-11-29(9-1)21-25-5-17-33-21/h4-7,16-19H,1-3,8-15H2. The van der Waals surface area contributed by atoms with E-state index >= 15 is 0 Å². The lowest BCUT2D eigenvalue weighted by molar-refractivity contribution is 0.657. The molecule has 0 bridgehead atoms. The van der Waals surface area contributed by atoms with Crippen molar-refractivity contribution in [3.8, 4) is 0 Å². The topological polar surface area (TPSA) is 64.5 Å². The van der Waals surface area contributed by atoms with Gasteiger partial charge in [-0.1, -0.05) is 0 Å². The van der Waals surface area contributed by atoms with Crippen molar-refractivity contribution in [2.45, 2.75) is 19.3 Å². The quantitative estimate of drug-likeness (QED) is 0.354. The van der Waals surface area contributed by atoms with E-state index in [0.29, 0.717) is 0 Å². The molecule has 8 nitrogen and oxygen atoms in total. The minimum atomic E-state index is 0.931. The van der Waals surface area contributed by atoms with Crippen LogP contribution in [-0.4, -0.2) is 72.3 Å². The average molecular weight is 547 g/mol. The summed E-state index contributed by atoms with van der Waals surface area (Å²) in [5.41, 5.74) is 0. The molecule has 0 amide bonds. The molecule has 1 saturated heterocycles. The molecule has 1 aliphatic rings. The van der Waals surface area contributed by atoms with E-state index in [4.69, 9.17) is 0 Å². The van der Waals surface area contributed by atoms with Gasteiger partial charge >= 0.3 is 0 Å². The van der Waals surface area contributed by atoms with Crippen LogP contribution in [0, 0.1) is 0 Å². The van der Waals surface area contributed by atoms with E-state index < -0.39 is 0 Å². The van der Waals surface area contributed by atoms with Crippen LogP contribution in [-0.2, 0) is 0 Å². The third-order valence-corrected chi connectivity index (χ3v) is 9.30. The van der Waals surface area contributed by atoms with Crippen LogP contribution >= 0.6 is 45.3 Å². The van der Waals surface area contributed by atoms with Crippen molar-refractivity contribution < 1.29 is 0 Å². The van der Waals surface area contributed by atoms with Gasteiger partial charge in [-0.2, -0.15) is 0 Å². The third-order valence-electron chi connectivity index (χ3n) is 5.97. The summed E-state index contributed by atoms with van der Waals surface area (Å²) in [6.07, 6.45) is 10.8. The number of thiazole rings is 4. The minimum absolute atomic E-state index is 0.931. The summed E-state index contributed by atoms with van der Waals surface area (Å²) < 4.78 is 0. The lowest BCUT2D eigenvalue weighted by Crippen LogP contribution is -2.38. The van der Waals surface area contributed by atoms with Crippen molar-refractivity contribution >= 4 is 65.9 Å². The van der Waals surface area contributed by atoms with Crippen molar-refractivity contribution in [2.75, 3.05) is 72.0 Å². The zero-order valence-electron chi connectivity index (χ0n) is 19.6. The van der Waals surface area contributed by atoms with E-state index in [1.165, 1.54) is 0 Å². The molecule has 4 aromatic heterocycles. The normalized spacial score (nSPS) is 17.4. The molecule has 0 unspecified atom stereocenters. The highest BCUT2D eigenvalue weighted by molar-refractivity contribution is 7.14. The van der Waals surface area contributed by atoms with Crippen LogP contribution in [0.15, 0.2) is 46.3 Å². The molecule has 5 heterocycles. The van der Waals surface area contributed by atoms with Gasteiger partial charge in [0.1, 0.15) is 0 Å². The Morgan fingerprint density at radius 2 is 0.657 bits per heavy atom. The highest BCUT2D eigenvalue weighted by Gasteiger charge is 2.18. The Labute approximate surface area is 222 Å². The maximum Gasteiger partial charge on any atom is 0.185 e. The van der Waals surface area contributed by atoms with Crippen molar-refractivity contribution in [1.82, 2.24) is 19.9 Å². The van der Waals surface area contributed by atoms with E-state index in [9.17, 15) is 0 Å². The van der Waals surface area contributed by atoms with E-state index in [1.807, 2.05) is 24.8 Å². The Kier molecular flexibility index (Phi) is 8.80. The number of hydrogen-bond acceptors (Lipinski definition) is 12. The maximum absolute atomic E-state index is 4.63.